The lowest BCUT2D eigenvalue weighted by Gasteiger charge is -2.15. The van der Waals surface area contributed by atoms with E-state index in [9.17, 15) is 10.2 Å². The second-order valence-corrected chi connectivity index (χ2v) is 3.00. The fourth-order valence-corrected chi connectivity index (χ4v) is 1.18. The zero-order valence-corrected chi connectivity index (χ0v) is 7.57. The molecule has 0 aliphatic heterocycles. The summed E-state index contributed by atoms with van der Waals surface area (Å²) in [5.41, 5.74) is 6.51. The number of aryl methyl sites for hydroxylation is 1. The van der Waals surface area contributed by atoms with E-state index >= 15 is 0 Å². The van der Waals surface area contributed by atoms with Crippen molar-refractivity contribution in [2.24, 2.45) is 5.73 Å². The Morgan fingerprint density at radius 1 is 1.62 bits per heavy atom. The molecule has 0 aliphatic rings. The Bertz CT molecular complexity index is 262. The first-order valence-corrected chi connectivity index (χ1v) is 4.23. The molecule has 13 heavy (non-hydrogen) atoms. The summed E-state index contributed by atoms with van der Waals surface area (Å²) in [6.07, 6.45) is 0.0677. The topological polar surface area (TPSA) is 95.2 Å². The number of hydrogen-bond donors (Lipinski definition) is 4. The van der Waals surface area contributed by atoms with Crippen molar-refractivity contribution in [2.45, 2.75) is 25.6 Å². The van der Waals surface area contributed by atoms with Gasteiger partial charge in [-0.15, -0.1) is 0 Å². The van der Waals surface area contributed by atoms with Crippen LogP contribution < -0.4 is 5.73 Å². The van der Waals surface area contributed by atoms with Crippen LogP contribution in [-0.4, -0.2) is 32.8 Å². The van der Waals surface area contributed by atoms with Crippen LogP contribution in [0.25, 0.3) is 0 Å². The van der Waals surface area contributed by atoms with Crippen molar-refractivity contribution >= 4 is 0 Å². The summed E-state index contributed by atoms with van der Waals surface area (Å²) in [7, 11) is 0. The zero-order valence-electron chi connectivity index (χ0n) is 7.57. The Morgan fingerprint density at radius 3 is 2.77 bits per heavy atom. The minimum Gasteiger partial charge on any atom is -0.390 e. The molecule has 0 aliphatic carbocycles. The normalized spacial score (nSPS) is 15.7. The highest BCUT2D eigenvalue weighted by atomic mass is 16.3. The molecule has 1 aromatic heterocycles. The quantitative estimate of drug-likeness (QED) is 0.506. The fourth-order valence-electron chi connectivity index (χ4n) is 1.18. The second kappa shape index (κ2) is 4.36. The standard InChI is InChI=1S/C8H15N3O2/c1-5-7(11-4-10-5)8(13)6(12)2-3-9/h4,6,8,12-13H,2-3,9H2,1H3,(H,10,11). The van der Waals surface area contributed by atoms with Crippen LogP contribution in [0.2, 0.25) is 0 Å². The minimum atomic E-state index is -0.949. The smallest absolute Gasteiger partial charge is 0.124 e. The number of H-pyrrole nitrogens is 1. The van der Waals surface area contributed by atoms with Crippen LogP contribution in [0, 0.1) is 6.92 Å². The molecule has 2 unspecified atom stereocenters. The SMILES string of the molecule is Cc1[nH]cnc1C(O)C(O)CCN. The maximum atomic E-state index is 9.60. The Labute approximate surface area is 76.6 Å². The van der Waals surface area contributed by atoms with Crippen molar-refractivity contribution in [1.29, 1.82) is 0 Å². The highest BCUT2D eigenvalue weighted by molar-refractivity contribution is 5.12. The molecule has 1 rings (SSSR count). The van der Waals surface area contributed by atoms with Crippen LogP contribution in [0.3, 0.4) is 0 Å². The number of nitrogens with two attached hydrogens (primary N) is 1. The highest BCUT2D eigenvalue weighted by Crippen LogP contribution is 2.18. The summed E-state index contributed by atoms with van der Waals surface area (Å²) in [4.78, 5) is 6.75. The van der Waals surface area contributed by atoms with E-state index in [2.05, 4.69) is 9.97 Å². The average molecular weight is 185 g/mol. The molecule has 0 radical (unpaired) electrons. The van der Waals surface area contributed by atoms with E-state index in [1.54, 1.807) is 6.92 Å². The predicted molar refractivity (Wildman–Crippen MR) is 48.0 cm³/mol. The average Bonchev–Trinajstić information content (AvgIpc) is 2.50. The molecular weight excluding hydrogens is 170 g/mol. The Morgan fingerprint density at radius 2 is 2.31 bits per heavy atom. The van der Waals surface area contributed by atoms with Crippen molar-refractivity contribution in [2.75, 3.05) is 6.54 Å². The van der Waals surface area contributed by atoms with Gasteiger partial charge in [0.15, 0.2) is 0 Å². The van der Waals surface area contributed by atoms with Crippen molar-refractivity contribution in [3.63, 3.8) is 0 Å². The number of aromatic nitrogens is 2. The monoisotopic (exact) mass is 185 g/mol. The van der Waals surface area contributed by atoms with Crippen LogP contribution in [0.4, 0.5) is 0 Å². The maximum absolute atomic E-state index is 9.60. The van der Waals surface area contributed by atoms with Gasteiger partial charge in [0, 0.05) is 5.69 Å². The van der Waals surface area contributed by atoms with Gasteiger partial charge in [-0.3, -0.25) is 0 Å². The summed E-state index contributed by atoms with van der Waals surface area (Å²) in [6, 6.07) is 0. The summed E-state index contributed by atoms with van der Waals surface area (Å²) < 4.78 is 0. The van der Waals surface area contributed by atoms with Gasteiger partial charge in [-0.1, -0.05) is 0 Å². The van der Waals surface area contributed by atoms with Gasteiger partial charge in [0.2, 0.25) is 0 Å². The Balaban J connectivity index is 2.67. The van der Waals surface area contributed by atoms with Crippen LogP contribution in [0.1, 0.15) is 23.9 Å². The third-order valence-electron chi connectivity index (χ3n) is 1.98. The van der Waals surface area contributed by atoms with Gasteiger partial charge in [-0.25, -0.2) is 4.98 Å². The number of imidazole rings is 1. The third-order valence-corrected chi connectivity index (χ3v) is 1.98. The van der Waals surface area contributed by atoms with E-state index in [0.717, 1.165) is 5.69 Å². The molecule has 0 bridgehead atoms. The van der Waals surface area contributed by atoms with Gasteiger partial charge in [0.05, 0.1) is 18.1 Å². The summed E-state index contributed by atoms with van der Waals surface area (Å²) in [5.74, 6) is 0. The largest absolute Gasteiger partial charge is 0.390 e. The van der Waals surface area contributed by atoms with Crippen molar-refractivity contribution in [3.8, 4) is 0 Å². The first kappa shape index (κ1) is 10.2. The van der Waals surface area contributed by atoms with E-state index in [1.165, 1.54) is 6.33 Å². The maximum Gasteiger partial charge on any atom is 0.124 e. The van der Waals surface area contributed by atoms with E-state index < -0.39 is 12.2 Å². The molecule has 0 saturated carbocycles. The predicted octanol–water partition coefficient (Wildman–Crippen LogP) is -0.539. The van der Waals surface area contributed by atoms with Crippen molar-refractivity contribution in [3.05, 3.63) is 17.7 Å². The summed E-state index contributed by atoms with van der Waals surface area (Å²) in [5, 5.41) is 19.0. The van der Waals surface area contributed by atoms with E-state index in [-0.39, 0.29) is 0 Å². The van der Waals surface area contributed by atoms with Gasteiger partial charge < -0.3 is 20.9 Å². The molecule has 1 aromatic rings. The molecule has 0 spiro atoms. The molecule has 5 heteroatoms. The highest BCUT2D eigenvalue weighted by Gasteiger charge is 2.20. The Kier molecular flexibility index (Phi) is 3.41. The van der Waals surface area contributed by atoms with Crippen LogP contribution in [0.15, 0.2) is 6.33 Å². The molecule has 1 heterocycles. The van der Waals surface area contributed by atoms with Crippen molar-refractivity contribution in [1.82, 2.24) is 9.97 Å². The molecule has 5 N–H and O–H groups in total. The number of aliphatic hydroxyl groups is 2. The number of nitrogens with one attached hydrogen (secondary N) is 1. The van der Waals surface area contributed by atoms with Crippen molar-refractivity contribution < 1.29 is 10.2 Å². The van der Waals surface area contributed by atoms with E-state index in [1.807, 2.05) is 0 Å². The fraction of sp³-hybridized carbons (Fsp3) is 0.625. The molecule has 0 saturated heterocycles. The molecule has 2 atom stereocenters. The molecule has 0 aromatic carbocycles. The third kappa shape index (κ3) is 2.27. The van der Waals surface area contributed by atoms with Crippen LogP contribution in [-0.2, 0) is 0 Å². The second-order valence-electron chi connectivity index (χ2n) is 3.00. The molecule has 0 amide bonds. The van der Waals surface area contributed by atoms with E-state index in [0.29, 0.717) is 18.7 Å². The molecule has 5 nitrogen and oxygen atoms in total. The molecule has 0 fully saturated rings. The Hall–Kier alpha value is -0.910. The van der Waals surface area contributed by atoms with Gasteiger partial charge in [0.25, 0.3) is 0 Å². The number of rotatable bonds is 4. The lowest BCUT2D eigenvalue weighted by molar-refractivity contribution is 0.0123. The molecule has 74 valence electrons. The minimum absolute atomic E-state index is 0.349. The molecular formula is C8H15N3O2. The lowest BCUT2D eigenvalue weighted by Crippen LogP contribution is -2.22. The first-order valence-electron chi connectivity index (χ1n) is 4.23. The number of hydrogen-bond acceptors (Lipinski definition) is 4. The summed E-state index contributed by atoms with van der Waals surface area (Å²) >= 11 is 0. The summed E-state index contributed by atoms with van der Waals surface area (Å²) in [6.45, 7) is 2.14. The first-order chi connectivity index (χ1) is 6.16. The lowest BCUT2D eigenvalue weighted by atomic mass is 10.1. The van der Waals surface area contributed by atoms with Gasteiger partial charge >= 0.3 is 0 Å². The number of nitrogens with zero attached hydrogens (tertiary/aromatic N) is 1. The van der Waals surface area contributed by atoms with E-state index in [4.69, 9.17) is 5.73 Å². The van der Waals surface area contributed by atoms with Crippen LogP contribution >= 0.6 is 0 Å². The number of aliphatic hydroxyl groups excluding tert-OH is 2. The number of aromatic amines is 1. The van der Waals surface area contributed by atoms with Crippen LogP contribution in [0.5, 0.6) is 0 Å². The van der Waals surface area contributed by atoms with Gasteiger partial charge in [-0.05, 0) is 19.9 Å². The zero-order chi connectivity index (χ0) is 9.84. The van der Waals surface area contributed by atoms with Gasteiger partial charge in [0.1, 0.15) is 6.10 Å². The van der Waals surface area contributed by atoms with Gasteiger partial charge in [-0.2, -0.15) is 0 Å².